The summed E-state index contributed by atoms with van der Waals surface area (Å²) in [4.78, 5) is 0.274. The van der Waals surface area contributed by atoms with E-state index in [9.17, 15) is 8.42 Å². The van der Waals surface area contributed by atoms with Gasteiger partial charge in [-0.3, -0.25) is 0 Å². The first-order valence-electron chi connectivity index (χ1n) is 6.63. The first-order chi connectivity index (χ1) is 10.1. The van der Waals surface area contributed by atoms with Crippen molar-refractivity contribution in [3.8, 4) is 0 Å². The second kappa shape index (κ2) is 7.22. The second-order valence-electron chi connectivity index (χ2n) is 4.73. The largest absolute Gasteiger partial charge is 0.383 e. The lowest BCUT2D eigenvalue weighted by atomic mass is 10.1. The molecule has 0 heterocycles. The number of methoxy groups -OCH3 is 1. The Bertz CT molecular complexity index is 692. The van der Waals surface area contributed by atoms with Gasteiger partial charge in [-0.2, -0.15) is 0 Å². The van der Waals surface area contributed by atoms with Crippen LogP contribution in [0.15, 0.2) is 47.4 Å². The van der Waals surface area contributed by atoms with Gasteiger partial charge >= 0.3 is 0 Å². The van der Waals surface area contributed by atoms with Gasteiger partial charge in [0.2, 0.25) is 10.0 Å². The molecule has 0 aromatic heterocycles. The molecule has 0 amide bonds. The molecule has 0 saturated carbocycles. The monoisotopic (exact) mass is 327 g/mol. The predicted octanol–water partition coefficient (Wildman–Crippen LogP) is 2.76. The van der Waals surface area contributed by atoms with E-state index < -0.39 is 10.0 Å². The number of fused-ring (bicyclic) bond motifs is 1. The number of hydrogen-bond donors (Lipinski definition) is 1. The molecule has 0 saturated heterocycles. The Morgan fingerprint density at radius 3 is 2.62 bits per heavy atom. The van der Waals surface area contributed by atoms with Crippen LogP contribution in [0.2, 0.25) is 0 Å². The molecular weight excluding hydrogens is 310 g/mol. The highest BCUT2D eigenvalue weighted by molar-refractivity contribution is 7.89. The number of hydrogen-bond acceptors (Lipinski definition) is 3. The zero-order valence-electron chi connectivity index (χ0n) is 11.8. The summed E-state index contributed by atoms with van der Waals surface area (Å²) in [5, 5.41) is 1.59. The smallest absolute Gasteiger partial charge is 0.241 e. The summed E-state index contributed by atoms with van der Waals surface area (Å²) in [6.45, 7) is 0.288. The molecule has 1 unspecified atom stereocenters. The molecule has 4 nitrogen and oxygen atoms in total. The summed E-state index contributed by atoms with van der Waals surface area (Å²) in [7, 11) is -2.08. The van der Waals surface area contributed by atoms with Gasteiger partial charge in [-0.15, -0.1) is 11.6 Å². The molecule has 1 N–H and O–H groups in total. The van der Waals surface area contributed by atoms with Gasteiger partial charge in [-0.1, -0.05) is 36.4 Å². The van der Waals surface area contributed by atoms with Crippen LogP contribution >= 0.6 is 11.6 Å². The Morgan fingerprint density at radius 1 is 1.19 bits per heavy atom. The van der Waals surface area contributed by atoms with Crippen molar-refractivity contribution in [1.82, 2.24) is 4.72 Å². The Morgan fingerprint density at radius 2 is 1.90 bits per heavy atom. The Kier molecular flexibility index (Phi) is 5.58. The van der Waals surface area contributed by atoms with E-state index in [1.54, 1.807) is 18.2 Å². The molecule has 2 aromatic carbocycles. The summed E-state index contributed by atoms with van der Waals surface area (Å²) in [6, 6.07) is 12.3. The molecule has 21 heavy (non-hydrogen) atoms. The van der Waals surface area contributed by atoms with Crippen LogP contribution in [0.25, 0.3) is 10.8 Å². The van der Waals surface area contributed by atoms with Crippen molar-refractivity contribution in [3.05, 3.63) is 42.5 Å². The van der Waals surface area contributed by atoms with E-state index >= 15 is 0 Å². The molecule has 2 rings (SSSR count). The standard InChI is InChI=1S/C15H18ClNO3S/c1-20-11-13(9-10-16)17-21(18,19)15-8-4-6-12-5-2-3-7-14(12)15/h2-8,13,17H,9-11H2,1H3. The van der Waals surface area contributed by atoms with E-state index in [-0.39, 0.29) is 17.5 Å². The topological polar surface area (TPSA) is 55.4 Å². The number of rotatable bonds is 7. The number of nitrogens with one attached hydrogen (secondary N) is 1. The predicted molar refractivity (Wildman–Crippen MR) is 85.3 cm³/mol. The van der Waals surface area contributed by atoms with Gasteiger partial charge in [0.15, 0.2) is 0 Å². The lowest BCUT2D eigenvalue weighted by molar-refractivity contribution is 0.173. The van der Waals surface area contributed by atoms with Gasteiger partial charge in [-0.05, 0) is 17.9 Å². The van der Waals surface area contributed by atoms with Gasteiger partial charge in [0.25, 0.3) is 0 Å². The summed E-state index contributed by atoms with van der Waals surface area (Å²) < 4.78 is 32.9. The zero-order valence-corrected chi connectivity index (χ0v) is 13.3. The second-order valence-corrected chi connectivity index (χ2v) is 6.79. The number of ether oxygens (including phenoxy) is 1. The average Bonchev–Trinajstić information content (AvgIpc) is 2.47. The Labute approximate surface area is 130 Å². The number of benzene rings is 2. The fraction of sp³-hybridized carbons (Fsp3) is 0.333. The lowest BCUT2D eigenvalue weighted by Gasteiger charge is -2.17. The van der Waals surface area contributed by atoms with E-state index in [1.807, 2.05) is 24.3 Å². The lowest BCUT2D eigenvalue weighted by Crippen LogP contribution is -2.38. The molecule has 0 fully saturated rings. The number of sulfonamides is 1. The molecule has 114 valence electrons. The van der Waals surface area contributed by atoms with Crippen LogP contribution in [0.4, 0.5) is 0 Å². The summed E-state index contributed by atoms with van der Waals surface area (Å²) in [6.07, 6.45) is 0.513. The van der Waals surface area contributed by atoms with Crippen LogP contribution in [0.1, 0.15) is 6.42 Å². The van der Waals surface area contributed by atoms with Gasteiger partial charge in [0, 0.05) is 24.4 Å². The summed E-state index contributed by atoms with van der Waals surface area (Å²) in [5.41, 5.74) is 0. The molecule has 0 aliphatic rings. The first kappa shape index (κ1) is 16.2. The number of halogens is 1. The van der Waals surface area contributed by atoms with E-state index in [4.69, 9.17) is 16.3 Å². The highest BCUT2D eigenvalue weighted by Crippen LogP contribution is 2.23. The van der Waals surface area contributed by atoms with Crippen LogP contribution in [0.3, 0.4) is 0 Å². The van der Waals surface area contributed by atoms with Crippen LogP contribution < -0.4 is 4.72 Å². The molecule has 0 aliphatic carbocycles. The Hall–Kier alpha value is -1.14. The highest BCUT2D eigenvalue weighted by Gasteiger charge is 2.21. The van der Waals surface area contributed by atoms with E-state index in [0.29, 0.717) is 17.7 Å². The van der Waals surface area contributed by atoms with Crippen molar-refractivity contribution in [1.29, 1.82) is 0 Å². The van der Waals surface area contributed by atoms with Crippen molar-refractivity contribution in [2.75, 3.05) is 19.6 Å². The van der Waals surface area contributed by atoms with E-state index in [0.717, 1.165) is 5.39 Å². The minimum absolute atomic E-state index is 0.274. The van der Waals surface area contributed by atoms with Crippen molar-refractivity contribution in [3.63, 3.8) is 0 Å². The molecule has 6 heteroatoms. The third-order valence-electron chi connectivity index (χ3n) is 3.19. The molecule has 0 bridgehead atoms. The highest BCUT2D eigenvalue weighted by atomic mass is 35.5. The maximum absolute atomic E-state index is 12.6. The fourth-order valence-electron chi connectivity index (χ4n) is 2.22. The Balaban J connectivity index is 2.37. The van der Waals surface area contributed by atoms with Crippen LogP contribution in [-0.4, -0.2) is 34.1 Å². The summed E-state index contributed by atoms with van der Waals surface area (Å²) in [5.74, 6) is 0.367. The first-order valence-corrected chi connectivity index (χ1v) is 8.65. The van der Waals surface area contributed by atoms with Crippen molar-refractivity contribution in [2.45, 2.75) is 17.4 Å². The molecule has 0 spiro atoms. The minimum Gasteiger partial charge on any atom is -0.383 e. The SMILES string of the molecule is COCC(CCCl)NS(=O)(=O)c1cccc2ccccc12. The zero-order chi connectivity index (χ0) is 15.3. The third kappa shape index (κ3) is 3.95. The van der Waals surface area contributed by atoms with Gasteiger partial charge in [-0.25, -0.2) is 13.1 Å². The molecule has 2 aromatic rings. The molecular formula is C15H18ClNO3S. The van der Waals surface area contributed by atoms with Crippen LogP contribution in [-0.2, 0) is 14.8 Å². The average molecular weight is 328 g/mol. The van der Waals surface area contributed by atoms with Crippen molar-refractivity contribution < 1.29 is 13.2 Å². The van der Waals surface area contributed by atoms with Crippen molar-refractivity contribution >= 4 is 32.4 Å². The van der Waals surface area contributed by atoms with E-state index in [1.165, 1.54) is 7.11 Å². The van der Waals surface area contributed by atoms with Crippen LogP contribution in [0, 0.1) is 0 Å². The van der Waals surface area contributed by atoms with E-state index in [2.05, 4.69) is 4.72 Å². The normalized spacial score (nSPS) is 13.4. The maximum atomic E-state index is 12.6. The van der Waals surface area contributed by atoms with Gasteiger partial charge in [0.05, 0.1) is 11.5 Å². The third-order valence-corrected chi connectivity index (χ3v) is 4.98. The number of alkyl halides is 1. The molecule has 1 atom stereocenters. The molecule has 0 radical (unpaired) electrons. The van der Waals surface area contributed by atoms with Gasteiger partial charge < -0.3 is 4.74 Å². The quantitative estimate of drug-likeness (QED) is 0.796. The molecule has 0 aliphatic heterocycles. The summed E-state index contributed by atoms with van der Waals surface area (Å²) >= 11 is 5.71. The fourth-order valence-corrected chi connectivity index (χ4v) is 3.97. The van der Waals surface area contributed by atoms with Crippen molar-refractivity contribution in [2.24, 2.45) is 0 Å². The van der Waals surface area contributed by atoms with Gasteiger partial charge in [0.1, 0.15) is 0 Å². The van der Waals surface area contributed by atoms with Crippen LogP contribution in [0.5, 0.6) is 0 Å². The maximum Gasteiger partial charge on any atom is 0.241 e. The minimum atomic E-state index is -3.62.